The number of thiazole rings is 1. The van der Waals surface area contributed by atoms with Crippen molar-refractivity contribution in [3.63, 3.8) is 0 Å². The van der Waals surface area contributed by atoms with Crippen molar-refractivity contribution < 1.29 is 9.18 Å². The van der Waals surface area contributed by atoms with Crippen molar-refractivity contribution in [2.45, 2.75) is 12.8 Å². The summed E-state index contributed by atoms with van der Waals surface area (Å²) in [5, 5.41) is 4.99. The van der Waals surface area contributed by atoms with Gasteiger partial charge in [-0.25, -0.2) is 9.37 Å². The molecule has 0 saturated carbocycles. The van der Waals surface area contributed by atoms with Crippen LogP contribution >= 0.6 is 22.7 Å². The molecule has 2 aromatic heterocycles. The molecule has 27 heavy (non-hydrogen) atoms. The van der Waals surface area contributed by atoms with Crippen LogP contribution in [0.4, 0.5) is 10.1 Å². The molecule has 1 amide bonds. The van der Waals surface area contributed by atoms with E-state index in [1.807, 2.05) is 27.8 Å². The van der Waals surface area contributed by atoms with E-state index in [-0.39, 0.29) is 11.7 Å². The number of nitrogens with zero attached hydrogens (tertiary/aromatic N) is 3. The van der Waals surface area contributed by atoms with Crippen molar-refractivity contribution in [1.29, 1.82) is 0 Å². The molecular formula is C20H20FN3OS2. The summed E-state index contributed by atoms with van der Waals surface area (Å²) < 4.78 is 13.1. The van der Waals surface area contributed by atoms with Crippen molar-refractivity contribution in [1.82, 2.24) is 9.88 Å². The number of rotatable bonds is 4. The van der Waals surface area contributed by atoms with E-state index >= 15 is 0 Å². The summed E-state index contributed by atoms with van der Waals surface area (Å²) in [4.78, 5) is 22.6. The number of thiophene rings is 1. The Balaban J connectivity index is 1.36. The minimum atomic E-state index is -0.226. The van der Waals surface area contributed by atoms with Crippen molar-refractivity contribution in [2.75, 3.05) is 31.1 Å². The summed E-state index contributed by atoms with van der Waals surface area (Å²) in [6, 6.07) is 10.6. The van der Waals surface area contributed by atoms with Crippen LogP contribution in [0.3, 0.4) is 0 Å². The third-order valence-corrected chi connectivity index (χ3v) is 6.59. The van der Waals surface area contributed by atoms with Gasteiger partial charge < -0.3 is 9.80 Å². The van der Waals surface area contributed by atoms with Crippen molar-refractivity contribution in [3.05, 3.63) is 58.7 Å². The summed E-state index contributed by atoms with van der Waals surface area (Å²) in [6.07, 6.45) is 1.25. The Morgan fingerprint density at radius 2 is 1.93 bits per heavy atom. The van der Waals surface area contributed by atoms with Gasteiger partial charge in [-0.05, 0) is 42.1 Å². The molecule has 0 radical (unpaired) electrons. The molecular weight excluding hydrogens is 381 g/mol. The first-order valence-electron chi connectivity index (χ1n) is 8.95. The second kappa shape index (κ2) is 8.19. The fourth-order valence-corrected chi connectivity index (χ4v) is 4.88. The zero-order valence-electron chi connectivity index (χ0n) is 14.8. The number of carbonyl (C=O) groups excluding carboxylic acids is 1. The number of amides is 1. The highest BCUT2D eigenvalue weighted by atomic mass is 32.1. The SMILES string of the molecule is O=C(Cc1csc(-c2cccs2)n1)N1CCCN(c2ccc(F)cc2)CC1. The molecule has 4 nitrogen and oxygen atoms in total. The van der Waals surface area contributed by atoms with Gasteiger partial charge in [-0.1, -0.05) is 6.07 Å². The van der Waals surface area contributed by atoms with Crippen LogP contribution in [0.25, 0.3) is 9.88 Å². The van der Waals surface area contributed by atoms with Crippen LogP contribution in [0.15, 0.2) is 47.2 Å². The Morgan fingerprint density at radius 1 is 1.07 bits per heavy atom. The van der Waals surface area contributed by atoms with Crippen molar-refractivity contribution in [2.24, 2.45) is 0 Å². The van der Waals surface area contributed by atoms with Gasteiger partial charge >= 0.3 is 0 Å². The highest BCUT2D eigenvalue weighted by Crippen LogP contribution is 2.28. The van der Waals surface area contributed by atoms with E-state index < -0.39 is 0 Å². The fraction of sp³-hybridized carbons (Fsp3) is 0.300. The molecule has 3 heterocycles. The van der Waals surface area contributed by atoms with Crippen molar-refractivity contribution >= 4 is 34.3 Å². The molecule has 4 rings (SSSR count). The Bertz CT molecular complexity index is 892. The molecule has 1 aliphatic heterocycles. The average molecular weight is 402 g/mol. The smallest absolute Gasteiger partial charge is 0.228 e. The Morgan fingerprint density at radius 3 is 2.70 bits per heavy atom. The fourth-order valence-electron chi connectivity index (χ4n) is 3.25. The number of hydrogen-bond acceptors (Lipinski definition) is 5. The summed E-state index contributed by atoms with van der Waals surface area (Å²) in [5.41, 5.74) is 1.85. The highest BCUT2D eigenvalue weighted by Gasteiger charge is 2.20. The number of benzene rings is 1. The predicted molar refractivity (Wildman–Crippen MR) is 109 cm³/mol. The van der Waals surface area contributed by atoms with Crippen molar-refractivity contribution in [3.8, 4) is 9.88 Å². The minimum absolute atomic E-state index is 0.124. The van der Waals surface area contributed by atoms with E-state index in [0.717, 1.165) is 47.3 Å². The minimum Gasteiger partial charge on any atom is -0.370 e. The molecule has 0 atom stereocenters. The maximum atomic E-state index is 13.1. The van der Waals surface area contributed by atoms with E-state index in [1.54, 1.807) is 34.8 Å². The van der Waals surface area contributed by atoms with E-state index in [4.69, 9.17) is 0 Å². The van der Waals surface area contributed by atoms with Crippen LogP contribution in [0, 0.1) is 5.82 Å². The first-order chi connectivity index (χ1) is 13.2. The molecule has 1 saturated heterocycles. The van der Waals surface area contributed by atoms with E-state index in [9.17, 15) is 9.18 Å². The zero-order valence-corrected chi connectivity index (χ0v) is 16.4. The first-order valence-corrected chi connectivity index (χ1v) is 10.7. The Kier molecular flexibility index (Phi) is 5.50. The number of anilines is 1. The number of halogens is 1. The lowest BCUT2D eigenvalue weighted by Gasteiger charge is -2.23. The Labute approximate surface area is 165 Å². The molecule has 7 heteroatoms. The lowest BCUT2D eigenvalue weighted by Crippen LogP contribution is -2.36. The molecule has 0 N–H and O–H groups in total. The largest absolute Gasteiger partial charge is 0.370 e. The molecule has 0 bridgehead atoms. The van der Waals surface area contributed by atoms with Crippen LogP contribution in [0.5, 0.6) is 0 Å². The normalized spacial score (nSPS) is 15.0. The van der Waals surface area contributed by atoms with Crippen LogP contribution < -0.4 is 4.90 Å². The third kappa shape index (κ3) is 4.36. The van der Waals surface area contributed by atoms with E-state index in [0.29, 0.717) is 13.0 Å². The monoisotopic (exact) mass is 401 g/mol. The number of aromatic nitrogens is 1. The highest BCUT2D eigenvalue weighted by molar-refractivity contribution is 7.20. The second-order valence-electron chi connectivity index (χ2n) is 6.50. The maximum absolute atomic E-state index is 13.1. The molecule has 0 spiro atoms. The summed E-state index contributed by atoms with van der Waals surface area (Å²) in [7, 11) is 0. The third-order valence-electron chi connectivity index (χ3n) is 4.66. The standard InChI is InChI=1S/C20H20FN3OS2/c21-15-4-6-17(7-5-15)23-8-2-9-24(11-10-23)19(25)13-16-14-27-20(22-16)18-3-1-12-26-18/h1,3-7,12,14H,2,8-11,13H2. The van der Waals surface area contributed by atoms with E-state index in [1.165, 1.54) is 12.1 Å². The molecule has 0 aliphatic carbocycles. The van der Waals surface area contributed by atoms with Crippen LogP contribution in [-0.4, -0.2) is 42.0 Å². The van der Waals surface area contributed by atoms with Crippen LogP contribution in [0.1, 0.15) is 12.1 Å². The molecule has 1 aliphatic rings. The molecule has 1 fully saturated rings. The van der Waals surface area contributed by atoms with Gasteiger partial charge in [0.05, 0.1) is 17.0 Å². The molecule has 3 aromatic rings. The van der Waals surface area contributed by atoms with Gasteiger partial charge in [-0.2, -0.15) is 0 Å². The second-order valence-corrected chi connectivity index (χ2v) is 8.30. The van der Waals surface area contributed by atoms with Crippen LogP contribution in [-0.2, 0) is 11.2 Å². The lowest BCUT2D eigenvalue weighted by atomic mass is 10.2. The molecule has 140 valence electrons. The van der Waals surface area contributed by atoms with Gasteiger partial charge in [0, 0.05) is 37.2 Å². The maximum Gasteiger partial charge on any atom is 0.228 e. The van der Waals surface area contributed by atoms with Gasteiger partial charge in [-0.3, -0.25) is 4.79 Å². The van der Waals surface area contributed by atoms with Gasteiger partial charge in [0.15, 0.2) is 0 Å². The summed E-state index contributed by atoms with van der Waals surface area (Å²) in [6.45, 7) is 3.06. The quantitative estimate of drug-likeness (QED) is 0.654. The van der Waals surface area contributed by atoms with Crippen LogP contribution in [0.2, 0.25) is 0 Å². The lowest BCUT2D eigenvalue weighted by molar-refractivity contribution is -0.130. The summed E-state index contributed by atoms with van der Waals surface area (Å²) >= 11 is 3.25. The summed E-state index contributed by atoms with van der Waals surface area (Å²) in [5.74, 6) is -0.102. The van der Waals surface area contributed by atoms with Gasteiger partial charge in [-0.15, -0.1) is 22.7 Å². The van der Waals surface area contributed by atoms with Gasteiger partial charge in [0.1, 0.15) is 10.8 Å². The molecule has 0 unspecified atom stereocenters. The first kappa shape index (κ1) is 18.1. The topological polar surface area (TPSA) is 36.4 Å². The number of carbonyl (C=O) groups is 1. The molecule has 1 aromatic carbocycles. The zero-order chi connectivity index (χ0) is 18.6. The Hall–Kier alpha value is -2.25. The van der Waals surface area contributed by atoms with E-state index in [2.05, 4.69) is 9.88 Å². The predicted octanol–water partition coefficient (Wildman–Crippen LogP) is 4.29. The van der Waals surface area contributed by atoms with Gasteiger partial charge in [0.2, 0.25) is 5.91 Å². The number of hydrogen-bond donors (Lipinski definition) is 0. The average Bonchev–Trinajstić information content (AvgIpc) is 3.29. The van der Waals surface area contributed by atoms with Gasteiger partial charge in [0.25, 0.3) is 0 Å².